The van der Waals surface area contributed by atoms with Gasteiger partial charge in [0, 0.05) is 19.3 Å². The molecule has 1 aliphatic carbocycles. The van der Waals surface area contributed by atoms with E-state index in [0.717, 1.165) is 19.3 Å². The van der Waals surface area contributed by atoms with Crippen LogP contribution in [0.5, 0.6) is 0 Å². The molecule has 0 spiro atoms. The first-order valence-corrected chi connectivity index (χ1v) is 12.1. The molecule has 6 nitrogen and oxygen atoms in total. The van der Waals surface area contributed by atoms with E-state index in [2.05, 4.69) is 6.92 Å². The van der Waals surface area contributed by atoms with E-state index in [-0.39, 0.29) is 19.3 Å². The van der Waals surface area contributed by atoms with Crippen LogP contribution in [-0.2, 0) is 19.1 Å². The smallest absolute Gasteiger partial charge is 0.307 e. The van der Waals surface area contributed by atoms with Crippen LogP contribution in [0.2, 0.25) is 0 Å². The van der Waals surface area contributed by atoms with Gasteiger partial charge in [-0.1, -0.05) is 84.0 Å². The number of aliphatic hydroxyl groups is 2. The highest BCUT2D eigenvalue weighted by molar-refractivity contribution is 6.14. The maximum absolute atomic E-state index is 12.3. The van der Waals surface area contributed by atoms with E-state index in [0.29, 0.717) is 12.8 Å². The van der Waals surface area contributed by atoms with E-state index < -0.39 is 35.8 Å². The molecule has 0 saturated heterocycles. The molecule has 174 valence electrons. The van der Waals surface area contributed by atoms with Crippen molar-refractivity contribution >= 4 is 17.5 Å². The predicted molar refractivity (Wildman–Crippen MR) is 116 cm³/mol. The Kier molecular flexibility index (Phi) is 13.8. The predicted octanol–water partition coefficient (Wildman–Crippen LogP) is 4.43. The summed E-state index contributed by atoms with van der Waals surface area (Å²) in [6.45, 7) is 1.43. The summed E-state index contributed by atoms with van der Waals surface area (Å²) in [4.78, 5) is 36.8. The number of hydrogen-bond donors (Lipinski definition) is 2. The number of hydrogen-bond acceptors (Lipinski definition) is 6. The van der Waals surface area contributed by atoms with Crippen molar-refractivity contribution in [2.75, 3.05) is 6.61 Å². The molecule has 0 aliphatic heterocycles. The van der Waals surface area contributed by atoms with Gasteiger partial charge in [-0.2, -0.15) is 0 Å². The van der Waals surface area contributed by atoms with Crippen LogP contribution in [0.25, 0.3) is 0 Å². The fraction of sp³-hybridized carbons (Fsp3) is 0.875. The second-order valence-corrected chi connectivity index (χ2v) is 8.60. The minimum Gasteiger partial charge on any atom is -0.440 e. The Morgan fingerprint density at radius 3 is 1.73 bits per heavy atom. The molecule has 30 heavy (non-hydrogen) atoms. The summed E-state index contributed by atoms with van der Waals surface area (Å²) in [7, 11) is 0. The van der Waals surface area contributed by atoms with Crippen molar-refractivity contribution in [3.63, 3.8) is 0 Å². The Morgan fingerprint density at radius 2 is 1.30 bits per heavy atom. The van der Waals surface area contributed by atoms with Gasteiger partial charge in [-0.3, -0.25) is 14.4 Å². The second-order valence-electron chi connectivity index (χ2n) is 8.60. The largest absolute Gasteiger partial charge is 0.440 e. The van der Waals surface area contributed by atoms with Crippen LogP contribution < -0.4 is 0 Å². The summed E-state index contributed by atoms with van der Waals surface area (Å²) >= 11 is 0. The molecule has 1 rings (SSSR count). The molecular weight excluding hydrogens is 384 g/mol. The first-order chi connectivity index (χ1) is 14.5. The molecule has 0 unspecified atom stereocenters. The molecule has 1 atom stereocenters. The van der Waals surface area contributed by atoms with Gasteiger partial charge in [-0.25, -0.2) is 0 Å². The van der Waals surface area contributed by atoms with Crippen LogP contribution in [0.3, 0.4) is 0 Å². The van der Waals surface area contributed by atoms with E-state index in [1.807, 2.05) is 0 Å². The highest BCUT2D eigenvalue weighted by Crippen LogP contribution is 2.30. The van der Waals surface area contributed by atoms with Crippen molar-refractivity contribution < 1.29 is 29.3 Å². The van der Waals surface area contributed by atoms with Crippen LogP contribution in [0.15, 0.2) is 0 Å². The van der Waals surface area contributed by atoms with E-state index in [4.69, 9.17) is 4.74 Å². The molecule has 1 saturated carbocycles. The Labute approximate surface area is 181 Å². The van der Waals surface area contributed by atoms with Gasteiger partial charge in [0.1, 0.15) is 6.10 Å². The summed E-state index contributed by atoms with van der Waals surface area (Å²) in [6.07, 6.45) is 14.5. The lowest BCUT2D eigenvalue weighted by atomic mass is 9.78. The van der Waals surface area contributed by atoms with Crippen molar-refractivity contribution in [2.45, 2.75) is 128 Å². The van der Waals surface area contributed by atoms with Gasteiger partial charge in [0.25, 0.3) is 5.60 Å². The Hall–Kier alpha value is -1.27. The van der Waals surface area contributed by atoms with Gasteiger partial charge in [0.05, 0.1) is 6.61 Å². The number of ether oxygens (including phenoxy) is 1. The third-order valence-electron chi connectivity index (χ3n) is 6.04. The lowest BCUT2D eigenvalue weighted by Crippen LogP contribution is -2.61. The van der Waals surface area contributed by atoms with Crippen LogP contribution >= 0.6 is 0 Å². The number of rotatable bonds is 17. The monoisotopic (exact) mass is 426 g/mol. The average Bonchev–Trinajstić information content (AvgIpc) is 2.73. The van der Waals surface area contributed by atoms with Crippen LogP contribution in [-0.4, -0.2) is 46.1 Å². The summed E-state index contributed by atoms with van der Waals surface area (Å²) in [5, 5.41) is 19.3. The van der Waals surface area contributed by atoms with Gasteiger partial charge in [-0.05, 0) is 12.8 Å². The lowest BCUT2D eigenvalue weighted by molar-refractivity contribution is -0.190. The van der Waals surface area contributed by atoms with E-state index in [9.17, 15) is 24.6 Å². The molecule has 0 aromatic carbocycles. The number of ketones is 2. The van der Waals surface area contributed by atoms with E-state index in [1.165, 1.54) is 57.8 Å². The van der Waals surface area contributed by atoms with Gasteiger partial charge in [-0.15, -0.1) is 0 Å². The lowest BCUT2D eigenvalue weighted by Gasteiger charge is -2.36. The molecule has 0 heterocycles. The summed E-state index contributed by atoms with van der Waals surface area (Å²) < 4.78 is 5.22. The van der Waals surface area contributed by atoms with Gasteiger partial charge in [0.15, 0.2) is 11.6 Å². The number of esters is 1. The second kappa shape index (κ2) is 15.5. The first kappa shape index (κ1) is 26.8. The zero-order valence-electron chi connectivity index (χ0n) is 18.8. The molecular formula is C24H42O6. The Bertz CT molecular complexity index is 500. The first-order valence-electron chi connectivity index (χ1n) is 12.1. The number of aliphatic hydroxyl groups excluding tert-OH is 2. The standard InChI is InChI=1S/C24H42O6/c1-2-3-4-5-6-7-8-9-10-11-12-13-14-18-23(29)30-24(22(28)19-25)20(26)16-15-17-21(24)27/h22,25,28H,2-19H2,1H3/t22-/m0/s1. The molecule has 1 fully saturated rings. The molecule has 1 aliphatic rings. The average molecular weight is 427 g/mol. The Morgan fingerprint density at radius 1 is 0.867 bits per heavy atom. The SMILES string of the molecule is CCCCCCCCCCCCCCCC(=O)OC1([C@@H](O)CO)C(=O)CCCC1=O. The Balaban J connectivity index is 2.16. The normalized spacial score (nSPS) is 17.2. The third-order valence-corrected chi connectivity index (χ3v) is 6.04. The number of carbonyl (C=O) groups is 3. The number of unbranched alkanes of at least 4 members (excludes halogenated alkanes) is 12. The van der Waals surface area contributed by atoms with Crippen molar-refractivity contribution in [3.8, 4) is 0 Å². The van der Waals surface area contributed by atoms with E-state index in [1.54, 1.807) is 0 Å². The molecule has 0 amide bonds. The molecule has 6 heteroatoms. The summed E-state index contributed by atoms with van der Waals surface area (Å²) in [5.74, 6) is -1.88. The fourth-order valence-electron chi connectivity index (χ4n) is 4.14. The van der Waals surface area contributed by atoms with E-state index >= 15 is 0 Å². The highest BCUT2D eigenvalue weighted by atomic mass is 16.6. The summed E-state index contributed by atoms with van der Waals surface area (Å²) in [5.41, 5.74) is -2.21. The van der Waals surface area contributed by atoms with Crippen LogP contribution in [0.4, 0.5) is 0 Å². The zero-order chi connectivity index (χ0) is 22.2. The maximum Gasteiger partial charge on any atom is 0.307 e. The fourth-order valence-corrected chi connectivity index (χ4v) is 4.14. The molecule has 0 radical (unpaired) electrons. The van der Waals surface area contributed by atoms with Crippen LogP contribution in [0.1, 0.15) is 116 Å². The number of Topliss-reactive ketones (excluding diaryl/α,β-unsaturated/α-hetero) is 2. The van der Waals surface area contributed by atoms with Gasteiger partial charge >= 0.3 is 5.97 Å². The maximum atomic E-state index is 12.3. The topological polar surface area (TPSA) is 101 Å². The van der Waals surface area contributed by atoms with Gasteiger partial charge < -0.3 is 14.9 Å². The molecule has 0 aromatic heterocycles. The minimum absolute atomic E-state index is 0.0643. The highest BCUT2D eigenvalue weighted by Gasteiger charge is 2.55. The number of carbonyl (C=O) groups excluding carboxylic acids is 3. The zero-order valence-corrected chi connectivity index (χ0v) is 18.8. The van der Waals surface area contributed by atoms with Crippen molar-refractivity contribution in [3.05, 3.63) is 0 Å². The van der Waals surface area contributed by atoms with Crippen LogP contribution in [0, 0.1) is 0 Å². The minimum atomic E-state index is -2.21. The molecule has 2 N–H and O–H groups in total. The van der Waals surface area contributed by atoms with Crippen molar-refractivity contribution in [2.24, 2.45) is 0 Å². The van der Waals surface area contributed by atoms with Crippen molar-refractivity contribution in [1.82, 2.24) is 0 Å². The van der Waals surface area contributed by atoms with Gasteiger partial charge in [0.2, 0.25) is 0 Å². The van der Waals surface area contributed by atoms with Crippen molar-refractivity contribution in [1.29, 1.82) is 0 Å². The third kappa shape index (κ3) is 8.84. The summed E-state index contributed by atoms with van der Waals surface area (Å²) in [6, 6.07) is 0. The molecule has 0 bridgehead atoms. The quantitative estimate of drug-likeness (QED) is 0.203. The molecule has 0 aromatic rings.